The van der Waals surface area contributed by atoms with Gasteiger partial charge in [-0.15, -0.1) is 0 Å². The Kier molecular flexibility index (Phi) is 5.56. The number of ether oxygens (including phenoxy) is 2. The predicted molar refractivity (Wildman–Crippen MR) is 128 cm³/mol. The van der Waals surface area contributed by atoms with E-state index in [2.05, 4.69) is 0 Å². The van der Waals surface area contributed by atoms with Crippen molar-refractivity contribution >= 4 is 33.5 Å². The van der Waals surface area contributed by atoms with E-state index in [0.29, 0.717) is 17.1 Å². The molecule has 0 atom stereocenters. The van der Waals surface area contributed by atoms with E-state index in [4.69, 9.17) is 9.47 Å². The van der Waals surface area contributed by atoms with Crippen LogP contribution in [0.4, 0.5) is 0 Å². The molecule has 5 aromatic carbocycles. The minimum Gasteiger partial charge on any atom is -0.426 e. The average Bonchev–Trinajstić information content (AvgIpc) is 2.84. The highest BCUT2D eigenvalue weighted by Gasteiger charge is 2.32. The molecule has 0 aromatic heterocycles. The van der Waals surface area contributed by atoms with Crippen LogP contribution in [0.2, 0.25) is 0 Å². The molecular formula is C29H20O4. The van der Waals surface area contributed by atoms with Crippen LogP contribution in [0, 0.1) is 0 Å². The molecule has 0 heterocycles. The standard InChI is InChI=1S/C29H20O4/c30-28(32-25-16-14-20-8-4-6-12-23(20)18-25)27(22-10-2-1-3-11-22)29(31)33-26-17-15-21-9-5-7-13-24(21)19-26/h1-19,27H. The molecule has 33 heavy (non-hydrogen) atoms. The van der Waals surface area contributed by atoms with Crippen LogP contribution >= 0.6 is 0 Å². The predicted octanol–water partition coefficient (Wildman–Crippen LogP) is 6.29. The molecule has 5 rings (SSSR count). The Morgan fingerprint density at radius 2 is 0.909 bits per heavy atom. The fourth-order valence-electron chi connectivity index (χ4n) is 3.83. The summed E-state index contributed by atoms with van der Waals surface area (Å²) in [6, 6.07) is 35.1. The van der Waals surface area contributed by atoms with Crippen molar-refractivity contribution < 1.29 is 19.1 Å². The highest BCUT2D eigenvalue weighted by molar-refractivity contribution is 6.02. The van der Waals surface area contributed by atoms with E-state index in [1.54, 1.807) is 48.5 Å². The number of rotatable bonds is 5. The van der Waals surface area contributed by atoms with Crippen molar-refractivity contribution in [3.8, 4) is 11.5 Å². The van der Waals surface area contributed by atoms with Gasteiger partial charge in [0.2, 0.25) is 0 Å². The summed E-state index contributed by atoms with van der Waals surface area (Å²) in [4.78, 5) is 26.3. The Morgan fingerprint density at radius 3 is 1.39 bits per heavy atom. The molecule has 0 aliphatic carbocycles. The molecular weight excluding hydrogens is 412 g/mol. The van der Waals surface area contributed by atoms with Crippen molar-refractivity contribution in [1.29, 1.82) is 0 Å². The molecule has 0 spiro atoms. The van der Waals surface area contributed by atoms with Crippen molar-refractivity contribution in [2.45, 2.75) is 5.92 Å². The van der Waals surface area contributed by atoms with E-state index in [9.17, 15) is 9.59 Å². The lowest BCUT2D eigenvalue weighted by Crippen LogP contribution is -2.29. The van der Waals surface area contributed by atoms with Crippen LogP contribution in [0.1, 0.15) is 11.5 Å². The molecule has 0 N–H and O–H groups in total. The third kappa shape index (κ3) is 4.46. The fraction of sp³-hybridized carbons (Fsp3) is 0.0345. The molecule has 0 fully saturated rings. The van der Waals surface area contributed by atoms with E-state index < -0.39 is 17.9 Å². The topological polar surface area (TPSA) is 52.6 Å². The highest BCUT2D eigenvalue weighted by Crippen LogP contribution is 2.27. The molecule has 4 nitrogen and oxygen atoms in total. The third-order valence-corrected chi connectivity index (χ3v) is 5.48. The number of carbonyl (C=O) groups excluding carboxylic acids is 2. The summed E-state index contributed by atoms with van der Waals surface area (Å²) in [5.41, 5.74) is 0.508. The number of esters is 2. The van der Waals surface area contributed by atoms with Crippen LogP contribution in [-0.2, 0) is 9.59 Å². The second-order valence-electron chi connectivity index (χ2n) is 7.70. The number of hydrogen-bond acceptors (Lipinski definition) is 4. The molecule has 0 aliphatic rings. The van der Waals surface area contributed by atoms with Gasteiger partial charge in [0.25, 0.3) is 0 Å². The van der Waals surface area contributed by atoms with Gasteiger partial charge in [0.1, 0.15) is 11.5 Å². The van der Waals surface area contributed by atoms with Crippen molar-refractivity contribution in [3.05, 3.63) is 121 Å². The minimum absolute atomic E-state index is 0.373. The first kappa shape index (κ1) is 20.5. The van der Waals surface area contributed by atoms with Gasteiger partial charge in [0.05, 0.1) is 0 Å². The van der Waals surface area contributed by atoms with Crippen LogP contribution in [0.5, 0.6) is 11.5 Å². The first-order valence-electron chi connectivity index (χ1n) is 10.6. The molecule has 0 aliphatic heterocycles. The normalized spacial score (nSPS) is 10.9. The van der Waals surface area contributed by atoms with Gasteiger partial charge in [-0.2, -0.15) is 0 Å². The maximum Gasteiger partial charge on any atom is 0.330 e. The summed E-state index contributed by atoms with van der Waals surface area (Å²) in [5.74, 6) is -1.86. The number of fused-ring (bicyclic) bond motifs is 2. The Balaban J connectivity index is 1.43. The molecule has 0 unspecified atom stereocenters. The highest BCUT2D eigenvalue weighted by atomic mass is 16.6. The van der Waals surface area contributed by atoms with Gasteiger partial charge in [-0.1, -0.05) is 91.0 Å². The van der Waals surface area contributed by atoms with Crippen molar-refractivity contribution in [2.24, 2.45) is 0 Å². The van der Waals surface area contributed by atoms with Crippen LogP contribution in [-0.4, -0.2) is 11.9 Å². The van der Waals surface area contributed by atoms with Gasteiger partial charge in [0, 0.05) is 0 Å². The van der Waals surface area contributed by atoms with Gasteiger partial charge >= 0.3 is 11.9 Å². The van der Waals surface area contributed by atoms with E-state index in [1.807, 2.05) is 66.7 Å². The van der Waals surface area contributed by atoms with Gasteiger partial charge in [0.15, 0.2) is 5.92 Å². The number of hydrogen-bond donors (Lipinski definition) is 0. The second-order valence-corrected chi connectivity index (χ2v) is 7.70. The third-order valence-electron chi connectivity index (χ3n) is 5.48. The van der Waals surface area contributed by atoms with E-state index in [-0.39, 0.29) is 0 Å². The zero-order chi connectivity index (χ0) is 22.6. The van der Waals surface area contributed by atoms with E-state index >= 15 is 0 Å². The lowest BCUT2D eigenvalue weighted by atomic mass is 9.99. The molecule has 4 heteroatoms. The first-order chi connectivity index (χ1) is 16.2. The van der Waals surface area contributed by atoms with Gasteiger partial charge in [-0.3, -0.25) is 9.59 Å². The SMILES string of the molecule is O=C(Oc1ccc2ccccc2c1)C(C(=O)Oc1ccc2ccccc2c1)c1ccccc1. The van der Waals surface area contributed by atoms with Gasteiger partial charge in [-0.25, -0.2) is 0 Å². The summed E-state index contributed by atoms with van der Waals surface area (Å²) < 4.78 is 11.3. The van der Waals surface area contributed by atoms with E-state index in [1.165, 1.54) is 0 Å². The maximum atomic E-state index is 13.2. The number of carbonyl (C=O) groups is 2. The van der Waals surface area contributed by atoms with Crippen molar-refractivity contribution in [1.82, 2.24) is 0 Å². The lowest BCUT2D eigenvalue weighted by molar-refractivity contribution is -0.147. The zero-order valence-electron chi connectivity index (χ0n) is 17.7. The molecule has 5 aromatic rings. The Bertz CT molecular complexity index is 1360. The summed E-state index contributed by atoms with van der Waals surface area (Å²) in [7, 11) is 0. The lowest BCUT2D eigenvalue weighted by Gasteiger charge is -2.16. The largest absolute Gasteiger partial charge is 0.426 e. The molecule has 0 bridgehead atoms. The smallest absolute Gasteiger partial charge is 0.330 e. The van der Waals surface area contributed by atoms with Crippen LogP contribution < -0.4 is 9.47 Å². The molecule has 0 saturated heterocycles. The molecule has 160 valence electrons. The Morgan fingerprint density at radius 1 is 0.485 bits per heavy atom. The van der Waals surface area contributed by atoms with Gasteiger partial charge in [-0.05, 0) is 51.4 Å². The van der Waals surface area contributed by atoms with Crippen molar-refractivity contribution in [3.63, 3.8) is 0 Å². The van der Waals surface area contributed by atoms with E-state index in [0.717, 1.165) is 21.5 Å². The number of benzene rings is 5. The quantitative estimate of drug-likeness (QED) is 0.186. The molecule has 0 amide bonds. The summed E-state index contributed by atoms with van der Waals surface area (Å²) >= 11 is 0. The summed E-state index contributed by atoms with van der Waals surface area (Å²) in [6.07, 6.45) is 0. The van der Waals surface area contributed by atoms with Gasteiger partial charge < -0.3 is 9.47 Å². The van der Waals surface area contributed by atoms with Crippen LogP contribution in [0.3, 0.4) is 0 Å². The minimum atomic E-state index is -1.22. The Labute approximate surface area is 191 Å². The molecule has 0 saturated carbocycles. The first-order valence-corrected chi connectivity index (χ1v) is 10.6. The monoisotopic (exact) mass is 432 g/mol. The maximum absolute atomic E-state index is 13.2. The van der Waals surface area contributed by atoms with Crippen molar-refractivity contribution in [2.75, 3.05) is 0 Å². The average molecular weight is 432 g/mol. The second kappa shape index (κ2) is 8.97. The van der Waals surface area contributed by atoms with Crippen LogP contribution in [0.15, 0.2) is 115 Å². The summed E-state index contributed by atoms with van der Waals surface area (Å²) in [6.45, 7) is 0. The fourth-order valence-corrected chi connectivity index (χ4v) is 3.83. The Hall–Kier alpha value is -4.44. The zero-order valence-corrected chi connectivity index (χ0v) is 17.7. The van der Waals surface area contributed by atoms with Crippen LogP contribution in [0.25, 0.3) is 21.5 Å². The summed E-state index contributed by atoms with van der Waals surface area (Å²) in [5, 5.41) is 3.95. The molecule has 0 radical (unpaired) electrons.